The highest BCUT2D eigenvalue weighted by molar-refractivity contribution is 6.58. The van der Waals surface area contributed by atoms with Crippen LogP contribution in [0.25, 0.3) is 0 Å². The molecule has 0 spiro atoms. The zero-order valence-electron chi connectivity index (χ0n) is 9.78. The molecule has 0 aliphatic carbocycles. The van der Waals surface area contributed by atoms with E-state index in [-0.39, 0.29) is 6.61 Å². The van der Waals surface area contributed by atoms with Gasteiger partial charge < -0.3 is 14.6 Å². The SMILES string of the molecule is C[SiH](CCCOCCO)C1CCCCO1. The van der Waals surface area contributed by atoms with Crippen LogP contribution < -0.4 is 0 Å². The minimum Gasteiger partial charge on any atom is -0.394 e. The van der Waals surface area contributed by atoms with Gasteiger partial charge in [-0.15, -0.1) is 0 Å². The molecule has 1 fully saturated rings. The van der Waals surface area contributed by atoms with Gasteiger partial charge in [-0.05, 0) is 25.7 Å². The van der Waals surface area contributed by atoms with Gasteiger partial charge in [-0.1, -0.05) is 12.6 Å². The van der Waals surface area contributed by atoms with Crippen molar-refractivity contribution >= 4 is 8.80 Å². The second-order valence-corrected chi connectivity index (χ2v) is 7.64. The van der Waals surface area contributed by atoms with Gasteiger partial charge in [0, 0.05) is 18.9 Å². The maximum absolute atomic E-state index is 8.54. The summed E-state index contributed by atoms with van der Waals surface area (Å²) in [7, 11) is -0.700. The Morgan fingerprint density at radius 3 is 2.93 bits per heavy atom. The molecule has 0 radical (unpaired) electrons. The third kappa shape index (κ3) is 5.66. The summed E-state index contributed by atoms with van der Waals surface area (Å²) >= 11 is 0. The van der Waals surface area contributed by atoms with Gasteiger partial charge in [0.15, 0.2) is 0 Å². The first-order valence-corrected chi connectivity index (χ1v) is 8.78. The van der Waals surface area contributed by atoms with Gasteiger partial charge in [0.25, 0.3) is 0 Å². The molecule has 2 unspecified atom stereocenters. The van der Waals surface area contributed by atoms with Gasteiger partial charge in [0.2, 0.25) is 0 Å². The van der Waals surface area contributed by atoms with E-state index in [1.807, 2.05) is 0 Å². The van der Waals surface area contributed by atoms with E-state index in [0.29, 0.717) is 12.3 Å². The molecule has 90 valence electrons. The topological polar surface area (TPSA) is 38.7 Å². The van der Waals surface area contributed by atoms with E-state index in [0.717, 1.165) is 19.6 Å². The molecular formula is C11H24O3Si. The fourth-order valence-electron chi connectivity index (χ4n) is 2.07. The van der Waals surface area contributed by atoms with Crippen LogP contribution in [-0.2, 0) is 9.47 Å². The predicted octanol–water partition coefficient (Wildman–Crippen LogP) is 1.35. The maximum atomic E-state index is 8.54. The van der Waals surface area contributed by atoms with Crippen molar-refractivity contribution in [2.75, 3.05) is 26.4 Å². The molecule has 15 heavy (non-hydrogen) atoms. The van der Waals surface area contributed by atoms with Crippen LogP contribution in [0.4, 0.5) is 0 Å². The highest BCUT2D eigenvalue weighted by Gasteiger charge is 2.21. The lowest BCUT2D eigenvalue weighted by Crippen LogP contribution is -2.33. The van der Waals surface area contributed by atoms with Crippen LogP contribution in [0.1, 0.15) is 25.7 Å². The minimum absolute atomic E-state index is 0.138. The minimum atomic E-state index is -0.700. The third-order valence-corrected chi connectivity index (χ3v) is 6.15. The van der Waals surface area contributed by atoms with Crippen molar-refractivity contribution in [3.63, 3.8) is 0 Å². The Bertz CT molecular complexity index is 149. The van der Waals surface area contributed by atoms with Crippen molar-refractivity contribution in [1.29, 1.82) is 0 Å². The summed E-state index contributed by atoms with van der Waals surface area (Å²) in [5.74, 6) is 0. The Labute approximate surface area is 94.4 Å². The molecule has 1 saturated heterocycles. The lowest BCUT2D eigenvalue weighted by Gasteiger charge is -2.27. The van der Waals surface area contributed by atoms with Gasteiger partial charge in [-0.3, -0.25) is 0 Å². The van der Waals surface area contributed by atoms with E-state index in [9.17, 15) is 0 Å². The Hall–Kier alpha value is 0.0969. The molecule has 1 heterocycles. The summed E-state index contributed by atoms with van der Waals surface area (Å²) in [6, 6.07) is 1.30. The average molecular weight is 232 g/mol. The standard InChI is InChI=1S/C11H24O3Si/c1-15(10-4-7-13-9-6-12)11-5-2-3-8-14-11/h11-12,15H,2-10H2,1H3. The van der Waals surface area contributed by atoms with E-state index < -0.39 is 8.80 Å². The lowest BCUT2D eigenvalue weighted by atomic mass is 10.2. The molecule has 1 aliphatic rings. The van der Waals surface area contributed by atoms with Crippen LogP contribution in [-0.4, -0.2) is 46.1 Å². The monoisotopic (exact) mass is 232 g/mol. The Morgan fingerprint density at radius 2 is 2.27 bits per heavy atom. The fraction of sp³-hybridized carbons (Fsp3) is 1.00. The highest BCUT2D eigenvalue weighted by Crippen LogP contribution is 2.17. The zero-order chi connectivity index (χ0) is 10.9. The highest BCUT2D eigenvalue weighted by atomic mass is 28.3. The number of aliphatic hydroxyl groups excluding tert-OH is 1. The van der Waals surface area contributed by atoms with Gasteiger partial charge in [0.05, 0.1) is 22.0 Å². The fourth-order valence-corrected chi connectivity index (χ4v) is 4.53. The van der Waals surface area contributed by atoms with Crippen LogP contribution >= 0.6 is 0 Å². The molecule has 3 nitrogen and oxygen atoms in total. The summed E-state index contributed by atoms with van der Waals surface area (Å²) in [5.41, 5.74) is 0.608. The first-order valence-electron chi connectivity index (χ1n) is 6.15. The van der Waals surface area contributed by atoms with E-state index in [1.165, 1.54) is 25.3 Å². The van der Waals surface area contributed by atoms with Crippen LogP contribution in [0, 0.1) is 0 Å². The van der Waals surface area contributed by atoms with Gasteiger partial charge in [0.1, 0.15) is 0 Å². The van der Waals surface area contributed by atoms with E-state index in [4.69, 9.17) is 14.6 Å². The normalized spacial score (nSPS) is 24.0. The number of hydrogen-bond donors (Lipinski definition) is 1. The van der Waals surface area contributed by atoms with Gasteiger partial charge in [-0.25, -0.2) is 0 Å². The molecule has 0 aromatic rings. The van der Waals surface area contributed by atoms with Crippen molar-refractivity contribution in [2.24, 2.45) is 0 Å². The summed E-state index contributed by atoms with van der Waals surface area (Å²) in [5, 5.41) is 8.54. The second-order valence-electron chi connectivity index (χ2n) is 4.36. The van der Waals surface area contributed by atoms with Crippen molar-refractivity contribution in [3.05, 3.63) is 0 Å². The maximum Gasteiger partial charge on any atom is 0.0697 e. The summed E-state index contributed by atoms with van der Waals surface area (Å²) in [4.78, 5) is 0. The predicted molar refractivity (Wildman–Crippen MR) is 63.9 cm³/mol. The van der Waals surface area contributed by atoms with E-state index in [2.05, 4.69) is 6.55 Å². The van der Waals surface area contributed by atoms with E-state index >= 15 is 0 Å². The molecule has 1 aliphatic heterocycles. The molecule has 1 rings (SSSR count). The Kier molecular flexibility index (Phi) is 7.26. The van der Waals surface area contributed by atoms with E-state index in [1.54, 1.807) is 0 Å². The van der Waals surface area contributed by atoms with Crippen molar-refractivity contribution in [2.45, 2.75) is 44.0 Å². The van der Waals surface area contributed by atoms with Crippen LogP contribution in [0.3, 0.4) is 0 Å². The Morgan fingerprint density at radius 1 is 1.40 bits per heavy atom. The first-order chi connectivity index (χ1) is 7.34. The van der Waals surface area contributed by atoms with Crippen molar-refractivity contribution in [1.82, 2.24) is 0 Å². The van der Waals surface area contributed by atoms with Crippen LogP contribution in [0.2, 0.25) is 12.6 Å². The third-order valence-electron chi connectivity index (χ3n) is 3.03. The quantitative estimate of drug-likeness (QED) is 0.532. The number of ether oxygens (including phenoxy) is 2. The van der Waals surface area contributed by atoms with Gasteiger partial charge in [-0.2, -0.15) is 0 Å². The number of hydrogen-bond acceptors (Lipinski definition) is 3. The lowest BCUT2D eigenvalue weighted by molar-refractivity contribution is 0.0618. The molecule has 0 amide bonds. The van der Waals surface area contributed by atoms with Crippen LogP contribution in [0.5, 0.6) is 0 Å². The number of rotatable bonds is 7. The van der Waals surface area contributed by atoms with Crippen molar-refractivity contribution in [3.8, 4) is 0 Å². The zero-order valence-corrected chi connectivity index (χ0v) is 10.9. The molecule has 1 N–H and O–H groups in total. The second kappa shape index (κ2) is 8.27. The van der Waals surface area contributed by atoms with Crippen molar-refractivity contribution < 1.29 is 14.6 Å². The average Bonchev–Trinajstić information content (AvgIpc) is 2.30. The molecule has 4 heteroatoms. The summed E-state index contributed by atoms with van der Waals surface area (Å²) in [6.07, 6.45) is 5.01. The first kappa shape index (κ1) is 13.2. The molecule has 0 aromatic carbocycles. The smallest absolute Gasteiger partial charge is 0.0697 e. The largest absolute Gasteiger partial charge is 0.394 e. The summed E-state index contributed by atoms with van der Waals surface area (Å²) < 4.78 is 11.1. The molecule has 0 aromatic heterocycles. The molecule has 0 saturated carbocycles. The van der Waals surface area contributed by atoms with Crippen LogP contribution in [0.15, 0.2) is 0 Å². The molecular weight excluding hydrogens is 208 g/mol. The Balaban J connectivity index is 1.99. The number of aliphatic hydroxyl groups is 1. The molecule has 2 atom stereocenters. The van der Waals surface area contributed by atoms with Gasteiger partial charge >= 0.3 is 0 Å². The summed E-state index contributed by atoms with van der Waals surface area (Å²) in [6.45, 7) is 4.80. The molecule has 0 bridgehead atoms.